The Morgan fingerprint density at radius 3 is 2.60 bits per heavy atom. The summed E-state index contributed by atoms with van der Waals surface area (Å²) in [4.78, 5) is 14.1. The lowest BCUT2D eigenvalue weighted by molar-refractivity contribution is -0.0504. The molecule has 0 bridgehead atoms. The number of nitrogens with one attached hydrogen (secondary N) is 2. The number of amides is 2. The normalized spacial score (nSPS) is 15.7. The molecule has 1 aromatic carbocycles. The van der Waals surface area contributed by atoms with Crippen LogP contribution in [0.4, 0.5) is 13.6 Å². The third-order valence-electron chi connectivity index (χ3n) is 4.21. The Bertz CT molecular complexity index is 573. The summed E-state index contributed by atoms with van der Waals surface area (Å²) in [7, 11) is 0. The maximum atomic E-state index is 12.5. The topological polar surface area (TPSA) is 53.6 Å². The molecule has 0 aromatic heterocycles. The van der Waals surface area contributed by atoms with Gasteiger partial charge in [0, 0.05) is 37.3 Å². The fraction of sp³-hybridized carbons (Fsp3) is 0.611. The van der Waals surface area contributed by atoms with Crippen LogP contribution in [0.25, 0.3) is 0 Å². The van der Waals surface area contributed by atoms with E-state index in [0.717, 1.165) is 18.4 Å². The van der Waals surface area contributed by atoms with Gasteiger partial charge >= 0.3 is 12.6 Å². The maximum Gasteiger partial charge on any atom is 0.387 e. The standard InChI is InChI=1S/C18H27F2N3O2/c1-12(2)22-15-6-8-23(9-7-15)18(24)21-11-14-10-13(3)4-5-16(14)25-17(19)20/h4-5,10,12,15,17,22H,6-9,11H2,1-3H3,(H,21,24). The molecule has 0 unspecified atom stereocenters. The van der Waals surface area contributed by atoms with E-state index in [4.69, 9.17) is 0 Å². The number of ether oxygens (including phenoxy) is 1. The summed E-state index contributed by atoms with van der Waals surface area (Å²) in [5, 5.41) is 6.29. The van der Waals surface area contributed by atoms with E-state index < -0.39 is 6.61 Å². The van der Waals surface area contributed by atoms with Crippen molar-refractivity contribution < 1.29 is 18.3 Å². The smallest absolute Gasteiger partial charge is 0.387 e. The molecule has 0 spiro atoms. The molecule has 2 amide bonds. The average molecular weight is 355 g/mol. The fourth-order valence-corrected chi connectivity index (χ4v) is 3.06. The first-order valence-electron chi connectivity index (χ1n) is 8.68. The van der Waals surface area contributed by atoms with Crippen LogP contribution in [0.15, 0.2) is 18.2 Å². The summed E-state index contributed by atoms with van der Waals surface area (Å²) >= 11 is 0. The molecule has 2 N–H and O–H groups in total. The van der Waals surface area contributed by atoms with Crippen molar-refractivity contribution in [3.8, 4) is 5.75 Å². The second kappa shape index (κ2) is 8.99. The van der Waals surface area contributed by atoms with Crippen LogP contribution in [0.1, 0.15) is 37.8 Å². The van der Waals surface area contributed by atoms with Gasteiger partial charge < -0.3 is 20.3 Å². The predicted molar refractivity (Wildman–Crippen MR) is 92.9 cm³/mol. The van der Waals surface area contributed by atoms with Crippen LogP contribution in [0.5, 0.6) is 5.75 Å². The van der Waals surface area contributed by atoms with Gasteiger partial charge in [0.2, 0.25) is 0 Å². The third kappa shape index (κ3) is 6.16. The third-order valence-corrected chi connectivity index (χ3v) is 4.21. The Morgan fingerprint density at radius 2 is 2.00 bits per heavy atom. The Labute approximate surface area is 147 Å². The number of nitrogens with zero attached hydrogens (tertiary/aromatic N) is 1. The van der Waals surface area contributed by atoms with Crippen LogP contribution in [0.3, 0.4) is 0 Å². The molecule has 1 aliphatic rings. The molecule has 1 aliphatic heterocycles. The fourth-order valence-electron chi connectivity index (χ4n) is 3.06. The van der Waals surface area contributed by atoms with E-state index in [1.54, 1.807) is 17.0 Å². The van der Waals surface area contributed by atoms with Crippen LogP contribution in [-0.4, -0.2) is 42.7 Å². The van der Waals surface area contributed by atoms with Gasteiger partial charge in [0.25, 0.3) is 0 Å². The SMILES string of the molecule is Cc1ccc(OC(F)F)c(CNC(=O)N2CCC(NC(C)C)CC2)c1. The van der Waals surface area contributed by atoms with Gasteiger partial charge in [-0.3, -0.25) is 0 Å². The van der Waals surface area contributed by atoms with Gasteiger partial charge in [-0.2, -0.15) is 8.78 Å². The molecule has 1 fully saturated rings. The molecule has 0 atom stereocenters. The van der Waals surface area contributed by atoms with Gasteiger partial charge in [0.05, 0.1) is 0 Å². The van der Waals surface area contributed by atoms with E-state index >= 15 is 0 Å². The number of carbonyl (C=O) groups is 1. The maximum absolute atomic E-state index is 12.5. The largest absolute Gasteiger partial charge is 0.434 e. The number of hydrogen-bond donors (Lipinski definition) is 2. The van der Waals surface area contributed by atoms with Gasteiger partial charge in [-0.1, -0.05) is 31.5 Å². The molecule has 0 radical (unpaired) electrons. The molecule has 7 heteroatoms. The summed E-state index contributed by atoms with van der Waals surface area (Å²) in [5.41, 5.74) is 1.47. The second-order valence-electron chi connectivity index (χ2n) is 6.73. The summed E-state index contributed by atoms with van der Waals surface area (Å²) in [6, 6.07) is 5.65. The van der Waals surface area contributed by atoms with E-state index in [-0.39, 0.29) is 18.3 Å². The zero-order valence-corrected chi connectivity index (χ0v) is 15.0. The Hall–Kier alpha value is -1.89. The lowest BCUT2D eigenvalue weighted by atomic mass is 10.0. The first kappa shape index (κ1) is 19.4. The summed E-state index contributed by atoms with van der Waals surface area (Å²) in [6.07, 6.45) is 1.82. The Kier molecular flexibility index (Phi) is 6.99. The van der Waals surface area contributed by atoms with Gasteiger partial charge in [-0.15, -0.1) is 0 Å². The van der Waals surface area contributed by atoms with Crippen molar-refractivity contribution >= 4 is 6.03 Å². The van der Waals surface area contributed by atoms with Crippen LogP contribution in [0.2, 0.25) is 0 Å². The Balaban J connectivity index is 1.87. The molecule has 1 aromatic rings. The number of piperidine rings is 1. The summed E-state index contributed by atoms with van der Waals surface area (Å²) < 4.78 is 29.5. The van der Waals surface area contributed by atoms with Crippen LogP contribution in [0, 0.1) is 6.92 Å². The highest BCUT2D eigenvalue weighted by atomic mass is 19.3. The molecular weight excluding hydrogens is 328 g/mol. The number of urea groups is 1. The molecule has 25 heavy (non-hydrogen) atoms. The highest BCUT2D eigenvalue weighted by molar-refractivity contribution is 5.74. The molecule has 1 saturated heterocycles. The van der Waals surface area contributed by atoms with Crippen LogP contribution < -0.4 is 15.4 Å². The van der Waals surface area contributed by atoms with Gasteiger partial charge in [-0.05, 0) is 25.8 Å². The predicted octanol–water partition coefficient (Wildman–Crippen LogP) is 3.27. The number of rotatable bonds is 6. The van der Waals surface area contributed by atoms with E-state index in [1.807, 2.05) is 6.92 Å². The second-order valence-corrected chi connectivity index (χ2v) is 6.73. The minimum atomic E-state index is -2.88. The molecule has 1 heterocycles. The number of likely N-dealkylation sites (tertiary alicyclic amines) is 1. The monoisotopic (exact) mass is 355 g/mol. The van der Waals surface area contributed by atoms with Crippen molar-refractivity contribution in [3.63, 3.8) is 0 Å². The molecular formula is C18H27F2N3O2. The first-order chi connectivity index (χ1) is 11.8. The number of benzene rings is 1. The van der Waals surface area contributed by atoms with E-state index in [9.17, 15) is 13.6 Å². The molecule has 0 aliphatic carbocycles. The lowest BCUT2D eigenvalue weighted by Crippen LogP contribution is -2.49. The zero-order chi connectivity index (χ0) is 18.4. The van der Waals surface area contributed by atoms with Crippen LogP contribution >= 0.6 is 0 Å². The van der Waals surface area contributed by atoms with Crippen molar-refractivity contribution in [1.29, 1.82) is 0 Å². The van der Waals surface area contributed by atoms with Crippen molar-refractivity contribution in [3.05, 3.63) is 29.3 Å². The van der Waals surface area contributed by atoms with Crippen molar-refractivity contribution in [1.82, 2.24) is 15.5 Å². The highest BCUT2D eigenvalue weighted by Gasteiger charge is 2.23. The summed E-state index contributed by atoms with van der Waals surface area (Å²) in [5.74, 6) is 0.0979. The number of alkyl halides is 2. The minimum Gasteiger partial charge on any atom is -0.434 e. The highest BCUT2D eigenvalue weighted by Crippen LogP contribution is 2.22. The molecule has 0 saturated carbocycles. The van der Waals surface area contributed by atoms with Crippen molar-refractivity contribution in [2.75, 3.05) is 13.1 Å². The number of aryl methyl sites for hydroxylation is 1. The first-order valence-corrected chi connectivity index (χ1v) is 8.68. The number of halogens is 2. The van der Waals surface area contributed by atoms with Gasteiger partial charge in [0.1, 0.15) is 5.75 Å². The number of hydrogen-bond acceptors (Lipinski definition) is 3. The van der Waals surface area contributed by atoms with E-state index in [0.29, 0.717) is 30.7 Å². The lowest BCUT2D eigenvalue weighted by Gasteiger charge is -2.33. The number of carbonyl (C=O) groups excluding carboxylic acids is 1. The zero-order valence-electron chi connectivity index (χ0n) is 15.0. The average Bonchev–Trinajstić information content (AvgIpc) is 2.54. The van der Waals surface area contributed by atoms with Gasteiger partial charge in [-0.25, -0.2) is 4.79 Å². The quantitative estimate of drug-likeness (QED) is 0.823. The van der Waals surface area contributed by atoms with Crippen LogP contribution in [-0.2, 0) is 6.54 Å². The molecule has 5 nitrogen and oxygen atoms in total. The Morgan fingerprint density at radius 1 is 1.32 bits per heavy atom. The summed E-state index contributed by atoms with van der Waals surface area (Å²) in [6.45, 7) is 4.73. The van der Waals surface area contributed by atoms with Crippen molar-refractivity contribution in [2.45, 2.75) is 58.9 Å². The van der Waals surface area contributed by atoms with E-state index in [1.165, 1.54) is 6.07 Å². The van der Waals surface area contributed by atoms with Gasteiger partial charge in [0.15, 0.2) is 0 Å². The van der Waals surface area contributed by atoms with E-state index in [2.05, 4.69) is 29.2 Å². The molecule has 2 rings (SSSR count). The van der Waals surface area contributed by atoms with Crippen molar-refractivity contribution in [2.24, 2.45) is 0 Å². The minimum absolute atomic E-state index is 0.0979. The molecule has 140 valence electrons.